The molecule has 0 radical (unpaired) electrons. The van der Waals surface area contributed by atoms with E-state index in [0.29, 0.717) is 0 Å². The van der Waals surface area contributed by atoms with E-state index in [1.54, 1.807) is 11.3 Å². The van der Waals surface area contributed by atoms with Crippen molar-refractivity contribution < 1.29 is 0 Å². The summed E-state index contributed by atoms with van der Waals surface area (Å²) in [5, 5.41) is 6.78. The molecule has 0 bridgehead atoms. The molecule has 0 saturated heterocycles. The molecule has 0 saturated carbocycles. The van der Waals surface area contributed by atoms with E-state index >= 15 is 0 Å². The number of rotatable bonds is 4. The number of hydrogen-bond acceptors (Lipinski definition) is 3. The van der Waals surface area contributed by atoms with E-state index < -0.39 is 0 Å². The second kappa shape index (κ2) is 4.81. The predicted octanol–water partition coefficient (Wildman–Crippen LogP) is 3.73. The highest BCUT2D eigenvalue weighted by atomic mass is 35.5. The van der Waals surface area contributed by atoms with Crippen molar-refractivity contribution in [2.24, 2.45) is 0 Å². The lowest BCUT2D eigenvalue weighted by Gasteiger charge is -2.09. The van der Waals surface area contributed by atoms with Gasteiger partial charge in [0, 0.05) is 12.7 Å². The number of halogens is 1. The van der Waals surface area contributed by atoms with E-state index in [2.05, 4.69) is 28.7 Å². The SMILES string of the molecule is CCC(Cl)CNc1nccc2ccsc12. The molecule has 1 N–H and O–H groups in total. The van der Waals surface area contributed by atoms with Crippen molar-refractivity contribution in [3.63, 3.8) is 0 Å². The second-order valence-electron chi connectivity index (χ2n) is 3.38. The topological polar surface area (TPSA) is 24.9 Å². The lowest BCUT2D eigenvalue weighted by atomic mass is 10.3. The minimum Gasteiger partial charge on any atom is -0.367 e. The first kappa shape index (κ1) is 10.7. The first-order chi connectivity index (χ1) is 7.31. The summed E-state index contributed by atoms with van der Waals surface area (Å²) in [6.45, 7) is 2.85. The molecule has 0 aliphatic carbocycles. The molecule has 0 fully saturated rings. The zero-order valence-corrected chi connectivity index (χ0v) is 10.1. The molecule has 0 aliphatic heterocycles. The van der Waals surface area contributed by atoms with Crippen LogP contribution >= 0.6 is 22.9 Å². The average Bonchev–Trinajstić information content (AvgIpc) is 2.74. The van der Waals surface area contributed by atoms with Crippen LogP contribution in [0, 0.1) is 0 Å². The number of alkyl halides is 1. The van der Waals surface area contributed by atoms with Crippen molar-refractivity contribution in [1.29, 1.82) is 0 Å². The minimum atomic E-state index is 0.169. The number of nitrogens with zero attached hydrogens (tertiary/aromatic N) is 1. The summed E-state index contributed by atoms with van der Waals surface area (Å²) >= 11 is 7.76. The van der Waals surface area contributed by atoms with Crippen molar-refractivity contribution in [1.82, 2.24) is 4.98 Å². The highest BCUT2D eigenvalue weighted by Gasteiger charge is 2.05. The second-order valence-corrected chi connectivity index (χ2v) is 4.92. The van der Waals surface area contributed by atoms with Crippen molar-refractivity contribution >= 4 is 38.8 Å². The van der Waals surface area contributed by atoms with E-state index in [1.807, 2.05) is 12.3 Å². The van der Waals surface area contributed by atoms with Gasteiger partial charge in [-0.15, -0.1) is 22.9 Å². The van der Waals surface area contributed by atoms with Gasteiger partial charge in [-0.3, -0.25) is 0 Å². The molecule has 1 atom stereocenters. The lowest BCUT2D eigenvalue weighted by molar-refractivity contribution is 0.842. The third-order valence-corrected chi connectivity index (χ3v) is 3.70. The standard InChI is InChI=1S/C11H13ClN2S/c1-2-9(12)7-14-11-10-8(3-5-13-11)4-6-15-10/h3-6,9H,2,7H2,1H3,(H,13,14). The van der Waals surface area contributed by atoms with Crippen molar-refractivity contribution in [2.45, 2.75) is 18.7 Å². The number of pyridine rings is 1. The molecule has 2 heterocycles. The average molecular weight is 241 g/mol. The monoisotopic (exact) mass is 240 g/mol. The molecule has 2 nitrogen and oxygen atoms in total. The Morgan fingerprint density at radius 3 is 3.20 bits per heavy atom. The molecular weight excluding hydrogens is 228 g/mol. The first-order valence-corrected chi connectivity index (χ1v) is 6.33. The fourth-order valence-corrected chi connectivity index (χ4v) is 2.31. The van der Waals surface area contributed by atoms with Crippen LogP contribution in [-0.4, -0.2) is 16.9 Å². The Balaban J connectivity index is 2.17. The maximum atomic E-state index is 6.05. The number of aromatic nitrogens is 1. The van der Waals surface area contributed by atoms with E-state index in [9.17, 15) is 0 Å². The van der Waals surface area contributed by atoms with Gasteiger partial charge in [0.15, 0.2) is 0 Å². The van der Waals surface area contributed by atoms with Crippen molar-refractivity contribution in [3.8, 4) is 0 Å². The molecule has 0 aliphatic rings. The van der Waals surface area contributed by atoms with Gasteiger partial charge in [0.2, 0.25) is 0 Å². The zero-order valence-electron chi connectivity index (χ0n) is 8.53. The summed E-state index contributed by atoms with van der Waals surface area (Å²) in [5.74, 6) is 0.946. The van der Waals surface area contributed by atoms with Gasteiger partial charge >= 0.3 is 0 Å². The molecule has 2 aromatic heterocycles. The molecule has 4 heteroatoms. The fraction of sp³-hybridized carbons (Fsp3) is 0.364. The Bertz CT molecular complexity index is 441. The largest absolute Gasteiger partial charge is 0.367 e. The Hall–Kier alpha value is -0.800. The summed E-state index contributed by atoms with van der Waals surface area (Å²) in [5.41, 5.74) is 0. The van der Waals surface area contributed by atoms with Crippen molar-refractivity contribution in [3.05, 3.63) is 23.7 Å². The van der Waals surface area contributed by atoms with E-state index in [-0.39, 0.29) is 5.38 Å². The first-order valence-electron chi connectivity index (χ1n) is 5.01. The molecular formula is C11H13ClN2S. The van der Waals surface area contributed by atoms with Gasteiger partial charge in [0.25, 0.3) is 0 Å². The van der Waals surface area contributed by atoms with E-state index in [0.717, 1.165) is 18.8 Å². The summed E-state index contributed by atoms with van der Waals surface area (Å²) in [6.07, 6.45) is 2.79. The van der Waals surface area contributed by atoms with Crippen LogP contribution in [0.25, 0.3) is 10.1 Å². The number of anilines is 1. The van der Waals surface area contributed by atoms with Crippen LogP contribution in [0.2, 0.25) is 0 Å². The van der Waals surface area contributed by atoms with Crippen LogP contribution in [0.5, 0.6) is 0 Å². The zero-order chi connectivity index (χ0) is 10.7. The minimum absolute atomic E-state index is 0.169. The van der Waals surface area contributed by atoms with Gasteiger partial charge in [0.05, 0.1) is 10.1 Å². The van der Waals surface area contributed by atoms with Gasteiger partial charge in [0.1, 0.15) is 5.82 Å². The Kier molecular flexibility index (Phi) is 3.44. The third kappa shape index (κ3) is 2.41. The highest BCUT2D eigenvalue weighted by molar-refractivity contribution is 7.17. The maximum absolute atomic E-state index is 6.05. The Morgan fingerprint density at radius 1 is 1.53 bits per heavy atom. The fourth-order valence-electron chi connectivity index (χ4n) is 1.37. The molecule has 2 rings (SSSR count). The van der Waals surface area contributed by atoms with Gasteiger partial charge in [-0.2, -0.15) is 0 Å². The van der Waals surface area contributed by atoms with Crippen LogP contribution in [0.1, 0.15) is 13.3 Å². The molecule has 15 heavy (non-hydrogen) atoms. The maximum Gasteiger partial charge on any atom is 0.143 e. The van der Waals surface area contributed by atoms with Crippen LogP contribution < -0.4 is 5.32 Å². The predicted molar refractivity (Wildman–Crippen MR) is 68.0 cm³/mol. The number of hydrogen-bond donors (Lipinski definition) is 1. The van der Waals surface area contributed by atoms with Gasteiger partial charge in [-0.25, -0.2) is 4.98 Å². The van der Waals surface area contributed by atoms with Gasteiger partial charge in [-0.05, 0) is 29.3 Å². The van der Waals surface area contributed by atoms with Crippen LogP contribution in [-0.2, 0) is 0 Å². The summed E-state index contributed by atoms with van der Waals surface area (Å²) in [6, 6.07) is 4.12. The van der Waals surface area contributed by atoms with E-state index in [4.69, 9.17) is 11.6 Å². The van der Waals surface area contributed by atoms with Crippen LogP contribution in [0.4, 0.5) is 5.82 Å². The van der Waals surface area contributed by atoms with Crippen LogP contribution in [0.3, 0.4) is 0 Å². The summed E-state index contributed by atoms with van der Waals surface area (Å²) in [7, 11) is 0. The smallest absolute Gasteiger partial charge is 0.143 e. The quantitative estimate of drug-likeness (QED) is 0.824. The van der Waals surface area contributed by atoms with Crippen LogP contribution in [0.15, 0.2) is 23.7 Å². The molecule has 80 valence electrons. The Morgan fingerprint density at radius 2 is 2.40 bits per heavy atom. The number of thiophene rings is 1. The molecule has 0 aromatic carbocycles. The van der Waals surface area contributed by atoms with Crippen molar-refractivity contribution in [2.75, 3.05) is 11.9 Å². The van der Waals surface area contributed by atoms with E-state index in [1.165, 1.54) is 10.1 Å². The number of nitrogens with one attached hydrogen (secondary N) is 1. The molecule has 0 spiro atoms. The molecule has 2 aromatic rings. The van der Waals surface area contributed by atoms with Gasteiger partial charge < -0.3 is 5.32 Å². The third-order valence-electron chi connectivity index (χ3n) is 2.30. The highest BCUT2D eigenvalue weighted by Crippen LogP contribution is 2.26. The molecule has 1 unspecified atom stereocenters. The van der Waals surface area contributed by atoms with Gasteiger partial charge in [-0.1, -0.05) is 6.92 Å². The molecule has 0 amide bonds. The lowest BCUT2D eigenvalue weighted by Crippen LogP contribution is -2.13. The Labute approximate surface area is 98.3 Å². The normalized spacial score (nSPS) is 12.9. The number of fused-ring (bicyclic) bond motifs is 1. The summed E-state index contributed by atoms with van der Waals surface area (Å²) < 4.78 is 1.21. The summed E-state index contributed by atoms with van der Waals surface area (Å²) in [4.78, 5) is 4.33.